The smallest absolute Gasteiger partial charge is 0.229 e. The highest BCUT2D eigenvalue weighted by Gasteiger charge is 2.07. The van der Waals surface area contributed by atoms with E-state index in [4.69, 9.17) is 16.3 Å². The van der Waals surface area contributed by atoms with Gasteiger partial charge in [-0.15, -0.1) is 0 Å². The molecule has 26 heavy (non-hydrogen) atoms. The van der Waals surface area contributed by atoms with E-state index in [-0.39, 0.29) is 0 Å². The second kappa shape index (κ2) is 7.62. The number of benzene rings is 2. The summed E-state index contributed by atoms with van der Waals surface area (Å²) in [6, 6.07) is 13.6. The summed E-state index contributed by atoms with van der Waals surface area (Å²) in [6.07, 6.45) is 0. The van der Waals surface area contributed by atoms with Crippen LogP contribution in [-0.4, -0.2) is 17.1 Å². The van der Waals surface area contributed by atoms with Crippen LogP contribution in [0.4, 0.5) is 23.1 Å². The van der Waals surface area contributed by atoms with Gasteiger partial charge in [-0.3, -0.25) is 0 Å². The lowest BCUT2D eigenvalue weighted by Crippen LogP contribution is -2.03. The zero-order valence-electron chi connectivity index (χ0n) is 15.2. The first-order chi connectivity index (χ1) is 12.4. The summed E-state index contributed by atoms with van der Waals surface area (Å²) in [7, 11) is 1.59. The van der Waals surface area contributed by atoms with Crippen molar-refractivity contribution in [3.05, 3.63) is 64.3 Å². The average Bonchev–Trinajstić information content (AvgIpc) is 2.58. The molecule has 0 unspecified atom stereocenters. The number of ether oxygens (including phenoxy) is 1. The first-order valence-electron chi connectivity index (χ1n) is 8.25. The molecule has 0 atom stereocenters. The second-order valence-electron chi connectivity index (χ2n) is 6.14. The Kier molecular flexibility index (Phi) is 5.28. The first kappa shape index (κ1) is 18.0. The van der Waals surface area contributed by atoms with Gasteiger partial charge in [-0.05, 0) is 56.2 Å². The van der Waals surface area contributed by atoms with E-state index in [1.807, 2.05) is 25.1 Å². The van der Waals surface area contributed by atoms with Crippen LogP contribution in [0.1, 0.15) is 16.8 Å². The molecule has 0 spiro atoms. The van der Waals surface area contributed by atoms with Crippen LogP contribution in [0, 0.1) is 20.8 Å². The number of hydrogen-bond acceptors (Lipinski definition) is 5. The van der Waals surface area contributed by atoms with Crippen molar-refractivity contribution in [2.24, 2.45) is 0 Å². The lowest BCUT2D eigenvalue weighted by molar-refractivity contribution is 0.415. The van der Waals surface area contributed by atoms with E-state index < -0.39 is 0 Å². The Hall–Kier alpha value is -2.79. The molecule has 3 rings (SSSR count). The molecule has 6 heteroatoms. The Morgan fingerprint density at radius 1 is 0.923 bits per heavy atom. The van der Waals surface area contributed by atoms with Gasteiger partial charge in [-0.25, -0.2) is 4.98 Å². The number of aromatic nitrogens is 2. The van der Waals surface area contributed by atoms with Crippen LogP contribution in [0.25, 0.3) is 0 Å². The highest BCUT2D eigenvalue weighted by molar-refractivity contribution is 6.32. The summed E-state index contributed by atoms with van der Waals surface area (Å²) in [5, 5.41) is 7.10. The Morgan fingerprint density at radius 2 is 1.73 bits per heavy atom. The molecule has 0 saturated carbocycles. The maximum atomic E-state index is 6.19. The van der Waals surface area contributed by atoms with Gasteiger partial charge in [0.1, 0.15) is 11.6 Å². The molecule has 0 aliphatic carbocycles. The standard InChI is InChI=1S/C20H21ClN4O/c1-12-5-6-13(2)17(9-12)24-20-22-14(3)10-19(25-20)23-15-7-8-18(26-4)16(21)11-15/h5-11H,1-4H3,(H2,22,23,24,25). The Bertz CT molecular complexity index is 943. The van der Waals surface area contributed by atoms with Crippen molar-refractivity contribution in [2.45, 2.75) is 20.8 Å². The van der Waals surface area contributed by atoms with Gasteiger partial charge >= 0.3 is 0 Å². The number of halogens is 1. The normalized spacial score (nSPS) is 10.5. The molecule has 5 nitrogen and oxygen atoms in total. The van der Waals surface area contributed by atoms with Crippen LogP contribution in [0.15, 0.2) is 42.5 Å². The number of nitrogens with zero attached hydrogens (tertiary/aromatic N) is 2. The van der Waals surface area contributed by atoms with E-state index in [0.717, 1.165) is 22.6 Å². The summed E-state index contributed by atoms with van der Waals surface area (Å²) in [4.78, 5) is 9.04. The minimum Gasteiger partial charge on any atom is -0.495 e. The predicted molar refractivity (Wildman–Crippen MR) is 107 cm³/mol. The fourth-order valence-electron chi connectivity index (χ4n) is 2.57. The zero-order chi connectivity index (χ0) is 18.7. The van der Waals surface area contributed by atoms with E-state index in [0.29, 0.717) is 22.5 Å². The summed E-state index contributed by atoms with van der Waals surface area (Å²) in [5.74, 6) is 1.86. The number of nitrogens with one attached hydrogen (secondary N) is 2. The fourth-order valence-corrected chi connectivity index (χ4v) is 2.83. The third-order valence-corrected chi connectivity index (χ3v) is 4.21. The number of methoxy groups -OCH3 is 1. The highest BCUT2D eigenvalue weighted by Crippen LogP contribution is 2.29. The zero-order valence-corrected chi connectivity index (χ0v) is 16.0. The van der Waals surface area contributed by atoms with E-state index in [1.54, 1.807) is 13.2 Å². The minimum absolute atomic E-state index is 0.539. The van der Waals surface area contributed by atoms with Crippen LogP contribution >= 0.6 is 11.6 Å². The van der Waals surface area contributed by atoms with Crippen LogP contribution in [-0.2, 0) is 0 Å². The number of anilines is 4. The number of rotatable bonds is 5. The van der Waals surface area contributed by atoms with Crippen molar-refractivity contribution < 1.29 is 4.74 Å². The van der Waals surface area contributed by atoms with E-state index in [2.05, 4.69) is 52.6 Å². The van der Waals surface area contributed by atoms with Gasteiger partial charge in [-0.1, -0.05) is 23.7 Å². The highest BCUT2D eigenvalue weighted by atomic mass is 35.5. The lowest BCUT2D eigenvalue weighted by Gasteiger charge is -2.12. The monoisotopic (exact) mass is 368 g/mol. The van der Waals surface area contributed by atoms with Crippen LogP contribution in [0.3, 0.4) is 0 Å². The summed E-state index contributed by atoms with van der Waals surface area (Å²) in [5.41, 5.74) is 4.99. The van der Waals surface area contributed by atoms with Crippen LogP contribution in [0.2, 0.25) is 5.02 Å². The van der Waals surface area contributed by atoms with E-state index in [9.17, 15) is 0 Å². The number of hydrogen-bond donors (Lipinski definition) is 2. The van der Waals surface area contributed by atoms with Crippen molar-refractivity contribution in [3.8, 4) is 5.75 Å². The van der Waals surface area contributed by atoms with Crippen LogP contribution in [0.5, 0.6) is 5.75 Å². The molecule has 0 aliphatic heterocycles. The van der Waals surface area contributed by atoms with Crippen molar-refractivity contribution in [2.75, 3.05) is 17.7 Å². The predicted octanol–water partition coefficient (Wildman–Crippen LogP) is 5.55. The molecule has 0 fully saturated rings. The van der Waals surface area contributed by atoms with Gasteiger partial charge in [0.25, 0.3) is 0 Å². The van der Waals surface area contributed by atoms with Crippen molar-refractivity contribution in [1.29, 1.82) is 0 Å². The lowest BCUT2D eigenvalue weighted by atomic mass is 10.1. The molecule has 0 aliphatic rings. The molecule has 2 N–H and O–H groups in total. The molecule has 1 aromatic heterocycles. The molecular formula is C20H21ClN4O. The van der Waals surface area contributed by atoms with E-state index in [1.165, 1.54) is 5.56 Å². The minimum atomic E-state index is 0.539. The topological polar surface area (TPSA) is 59.1 Å². The molecule has 0 bridgehead atoms. The summed E-state index contributed by atoms with van der Waals surface area (Å²) >= 11 is 6.19. The fraction of sp³-hybridized carbons (Fsp3) is 0.200. The maximum absolute atomic E-state index is 6.19. The van der Waals surface area contributed by atoms with E-state index >= 15 is 0 Å². The van der Waals surface area contributed by atoms with Crippen molar-refractivity contribution in [3.63, 3.8) is 0 Å². The van der Waals surface area contributed by atoms with Gasteiger partial charge in [-0.2, -0.15) is 4.98 Å². The molecule has 1 heterocycles. The molecule has 0 saturated heterocycles. The number of aryl methyl sites for hydroxylation is 3. The quantitative estimate of drug-likeness (QED) is 0.618. The van der Waals surface area contributed by atoms with Gasteiger partial charge in [0, 0.05) is 23.1 Å². The van der Waals surface area contributed by atoms with Crippen molar-refractivity contribution >= 4 is 34.7 Å². The second-order valence-corrected chi connectivity index (χ2v) is 6.54. The SMILES string of the molecule is COc1ccc(Nc2cc(C)nc(Nc3cc(C)ccc3C)n2)cc1Cl. The summed E-state index contributed by atoms with van der Waals surface area (Å²) in [6.45, 7) is 6.04. The first-order valence-corrected chi connectivity index (χ1v) is 8.63. The Morgan fingerprint density at radius 3 is 2.46 bits per heavy atom. The van der Waals surface area contributed by atoms with Crippen molar-refractivity contribution in [1.82, 2.24) is 9.97 Å². The summed E-state index contributed by atoms with van der Waals surface area (Å²) < 4.78 is 5.18. The Labute approximate surface area is 158 Å². The molecule has 0 amide bonds. The molecule has 134 valence electrons. The van der Waals surface area contributed by atoms with Gasteiger partial charge < -0.3 is 15.4 Å². The molecule has 2 aromatic carbocycles. The molecular weight excluding hydrogens is 348 g/mol. The maximum Gasteiger partial charge on any atom is 0.229 e. The molecule has 0 radical (unpaired) electrons. The largest absolute Gasteiger partial charge is 0.495 e. The van der Waals surface area contributed by atoms with Gasteiger partial charge in [0.2, 0.25) is 5.95 Å². The van der Waals surface area contributed by atoms with Crippen LogP contribution < -0.4 is 15.4 Å². The average molecular weight is 369 g/mol. The van der Waals surface area contributed by atoms with Gasteiger partial charge in [0.05, 0.1) is 12.1 Å². The third-order valence-electron chi connectivity index (χ3n) is 3.92. The Balaban J connectivity index is 1.85. The molecule has 3 aromatic rings. The third kappa shape index (κ3) is 4.24. The van der Waals surface area contributed by atoms with Gasteiger partial charge in [0.15, 0.2) is 0 Å².